The topological polar surface area (TPSA) is 64.2 Å². The second-order valence-electron chi connectivity index (χ2n) is 4.74. The van der Waals surface area contributed by atoms with Crippen LogP contribution in [0.15, 0.2) is 39.7 Å². The molecule has 0 saturated carbocycles. The fraction of sp³-hybridized carbons (Fsp3) is 0.333. The Hall–Kier alpha value is -1.82. The summed E-state index contributed by atoms with van der Waals surface area (Å²) in [6.07, 6.45) is 1.73. The van der Waals surface area contributed by atoms with E-state index in [0.29, 0.717) is 12.2 Å². The molecular formula is C15H19BrN4O. The number of hydrogen-bond donors (Lipinski definition) is 1. The molecule has 21 heavy (non-hydrogen) atoms. The number of nitrogens with two attached hydrogens (primary N) is 1. The highest BCUT2D eigenvalue weighted by Crippen LogP contribution is 2.20. The van der Waals surface area contributed by atoms with Crippen LogP contribution in [0.2, 0.25) is 0 Å². The zero-order valence-corrected chi connectivity index (χ0v) is 13.8. The number of nitrogen functional groups attached to an aromatic ring is 1. The van der Waals surface area contributed by atoms with E-state index in [1.165, 1.54) is 4.68 Å². The molecule has 1 aromatic heterocycles. The number of aromatic nitrogens is 2. The molecule has 0 unspecified atom stereocenters. The summed E-state index contributed by atoms with van der Waals surface area (Å²) >= 11 is 3.36. The first-order chi connectivity index (χ1) is 10.0. The number of anilines is 2. The lowest BCUT2D eigenvalue weighted by Gasteiger charge is -2.20. The Morgan fingerprint density at radius 2 is 2.00 bits per heavy atom. The standard InChI is InChI=1S/C15H19BrN4O/c1-3-19(4-2)12-8-15(21)20(18-9-12)10-11-5-6-13(16)14(17)7-11/h5-9H,3-4,10,17H2,1-2H3. The lowest BCUT2D eigenvalue weighted by Crippen LogP contribution is -2.28. The van der Waals surface area contributed by atoms with Gasteiger partial charge in [-0.05, 0) is 47.5 Å². The smallest absolute Gasteiger partial charge is 0.269 e. The maximum Gasteiger partial charge on any atom is 0.269 e. The molecule has 2 rings (SSSR count). The second-order valence-corrected chi connectivity index (χ2v) is 5.59. The zero-order chi connectivity index (χ0) is 15.4. The first-order valence-corrected chi connectivity index (χ1v) is 7.70. The molecule has 0 aliphatic rings. The minimum absolute atomic E-state index is 0.110. The monoisotopic (exact) mass is 350 g/mol. The molecule has 2 N–H and O–H groups in total. The van der Waals surface area contributed by atoms with Crippen molar-refractivity contribution in [2.75, 3.05) is 23.7 Å². The van der Waals surface area contributed by atoms with Crippen LogP contribution in [0.5, 0.6) is 0 Å². The molecule has 0 aliphatic carbocycles. The lowest BCUT2D eigenvalue weighted by molar-refractivity contribution is 0.636. The van der Waals surface area contributed by atoms with Gasteiger partial charge in [0.05, 0.1) is 18.4 Å². The van der Waals surface area contributed by atoms with Gasteiger partial charge in [0.25, 0.3) is 5.56 Å². The highest BCUT2D eigenvalue weighted by atomic mass is 79.9. The van der Waals surface area contributed by atoms with E-state index in [1.807, 2.05) is 18.2 Å². The molecule has 0 radical (unpaired) electrons. The fourth-order valence-corrected chi connectivity index (χ4v) is 2.42. The Bertz CT molecular complexity index is 680. The molecule has 0 spiro atoms. The van der Waals surface area contributed by atoms with Gasteiger partial charge in [0, 0.05) is 29.3 Å². The number of nitrogens with zero attached hydrogens (tertiary/aromatic N) is 3. The van der Waals surface area contributed by atoms with Crippen LogP contribution in [0.4, 0.5) is 11.4 Å². The molecule has 0 bridgehead atoms. The van der Waals surface area contributed by atoms with Gasteiger partial charge in [0.2, 0.25) is 0 Å². The van der Waals surface area contributed by atoms with Crippen LogP contribution in [0.1, 0.15) is 19.4 Å². The second kappa shape index (κ2) is 6.76. The summed E-state index contributed by atoms with van der Waals surface area (Å²) in [7, 11) is 0. The lowest BCUT2D eigenvalue weighted by atomic mass is 10.2. The first kappa shape index (κ1) is 15.6. The van der Waals surface area contributed by atoms with E-state index in [2.05, 4.69) is 39.8 Å². The molecular weight excluding hydrogens is 332 g/mol. The van der Waals surface area contributed by atoms with E-state index >= 15 is 0 Å². The van der Waals surface area contributed by atoms with E-state index in [0.717, 1.165) is 28.8 Å². The minimum Gasteiger partial charge on any atom is -0.398 e. The van der Waals surface area contributed by atoms with Gasteiger partial charge in [-0.3, -0.25) is 4.79 Å². The maximum absolute atomic E-state index is 12.2. The summed E-state index contributed by atoms with van der Waals surface area (Å²) in [4.78, 5) is 14.3. The van der Waals surface area contributed by atoms with Gasteiger partial charge >= 0.3 is 0 Å². The van der Waals surface area contributed by atoms with Crippen molar-refractivity contribution in [1.29, 1.82) is 0 Å². The molecule has 2 aromatic rings. The molecule has 1 aromatic carbocycles. The van der Waals surface area contributed by atoms with Crippen molar-refractivity contribution in [2.45, 2.75) is 20.4 Å². The number of rotatable bonds is 5. The Kier molecular flexibility index (Phi) is 5.01. The van der Waals surface area contributed by atoms with Crippen LogP contribution in [-0.2, 0) is 6.54 Å². The zero-order valence-electron chi connectivity index (χ0n) is 12.2. The van der Waals surface area contributed by atoms with Gasteiger partial charge in [-0.1, -0.05) is 6.07 Å². The predicted molar refractivity (Wildman–Crippen MR) is 89.7 cm³/mol. The Morgan fingerprint density at radius 1 is 1.29 bits per heavy atom. The summed E-state index contributed by atoms with van der Waals surface area (Å²) in [6.45, 7) is 6.23. The van der Waals surface area contributed by atoms with Crippen LogP contribution in [0, 0.1) is 0 Å². The van der Waals surface area contributed by atoms with Crippen LogP contribution in [0.25, 0.3) is 0 Å². The maximum atomic E-state index is 12.2. The van der Waals surface area contributed by atoms with Crippen LogP contribution < -0.4 is 16.2 Å². The molecule has 112 valence electrons. The van der Waals surface area contributed by atoms with Crippen molar-refractivity contribution in [2.24, 2.45) is 0 Å². The van der Waals surface area contributed by atoms with Gasteiger partial charge in [-0.2, -0.15) is 5.10 Å². The summed E-state index contributed by atoms with van der Waals surface area (Å²) in [5.74, 6) is 0. The van der Waals surface area contributed by atoms with E-state index in [9.17, 15) is 4.79 Å². The summed E-state index contributed by atoms with van der Waals surface area (Å²) in [6, 6.07) is 7.27. The molecule has 0 amide bonds. The Balaban J connectivity index is 2.25. The Morgan fingerprint density at radius 3 is 2.57 bits per heavy atom. The number of hydrogen-bond acceptors (Lipinski definition) is 4. The van der Waals surface area contributed by atoms with Crippen LogP contribution in [0.3, 0.4) is 0 Å². The average molecular weight is 351 g/mol. The predicted octanol–water partition coefficient (Wildman–Crippen LogP) is 2.48. The van der Waals surface area contributed by atoms with Gasteiger partial charge in [0.15, 0.2) is 0 Å². The fourth-order valence-electron chi connectivity index (χ4n) is 2.17. The average Bonchev–Trinajstić information content (AvgIpc) is 2.47. The van der Waals surface area contributed by atoms with Crippen molar-refractivity contribution < 1.29 is 0 Å². The van der Waals surface area contributed by atoms with Gasteiger partial charge in [-0.15, -0.1) is 0 Å². The third kappa shape index (κ3) is 3.64. The van der Waals surface area contributed by atoms with Crippen molar-refractivity contribution >= 4 is 27.3 Å². The van der Waals surface area contributed by atoms with Crippen molar-refractivity contribution in [3.8, 4) is 0 Å². The highest BCUT2D eigenvalue weighted by molar-refractivity contribution is 9.10. The molecule has 5 nitrogen and oxygen atoms in total. The van der Waals surface area contributed by atoms with Crippen LogP contribution >= 0.6 is 15.9 Å². The molecule has 0 saturated heterocycles. The number of benzene rings is 1. The largest absolute Gasteiger partial charge is 0.398 e. The van der Waals surface area contributed by atoms with Crippen molar-refractivity contribution in [3.05, 3.63) is 50.9 Å². The summed E-state index contributed by atoms with van der Waals surface area (Å²) in [5.41, 5.74) is 8.20. The molecule has 0 atom stereocenters. The van der Waals surface area contributed by atoms with E-state index in [1.54, 1.807) is 12.3 Å². The number of halogens is 1. The van der Waals surface area contributed by atoms with Crippen molar-refractivity contribution in [1.82, 2.24) is 9.78 Å². The molecule has 0 aliphatic heterocycles. The van der Waals surface area contributed by atoms with E-state index in [-0.39, 0.29) is 5.56 Å². The quantitative estimate of drug-likeness (QED) is 0.841. The highest BCUT2D eigenvalue weighted by Gasteiger charge is 2.06. The third-order valence-corrected chi connectivity index (χ3v) is 4.10. The molecule has 6 heteroatoms. The SMILES string of the molecule is CCN(CC)c1cnn(Cc2ccc(Br)c(N)c2)c(=O)c1. The normalized spacial score (nSPS) is 10.6. The molecule has 1 heterocycles. The van der Waals surface area contributed by atoms with Crippen molar-refractivity contribution in [3.63, 3.8) is 0 Å². The van der Waals surface area contributed by atoms with Gasteiger partial charge in [0.1, 0.15) is 0 Å². The third-order valence-electron chi connectivity index (χ3n) is 3.38. The van der Waals surface area contributed by atoms with E-state index in [4.69, 9.17) is 5.73 Å². The van der Waals surface area contributed by atoms with E-state index < -0.39 is 0 Å². The molecule has 0 fully saturated rings. The minimum atomic E-state index is -0.110. The first-order valence-electron chi connectivity index (χ1n) is 6.91. The Labute approximate surface area is 132 Å². The van der Waals surface area contributed by atoms with Crippen LogP contribution in [-0.4, -0.2) is 22.9 Å². The summed E-state index contributed by atoms with van der Waals surface area (Å²) < 4.78 is 2.29. The summed E-state index contributed by atoms with van der Waals surface area (Å²) in [5, 5.41) is 4.25. The van der Waals surface area contributed by atoms with Gasteiger partial charge < -0.3 is 10.6 Å². The van der Waals surface area contributed by atoms with Gasteiger partial charge in [-0.25, -0.2) is 4.68 Å².